The second kappa shape index (κ2) is 3.61. The Bertz CT molecular complexity index is 204. The monoisotopic (exact) mass is 163 g/mol. The highest BCUT2D eigenvalue weighted by Gasteiger charge is 1.91. The van der Waals surface area contributed by atoms with Crippen LogP contribution in [0.25, 0.3) is 0 Å². The van der Waals surface area contributed by atoms with Gasteiger partial charge < -0.3 is 5.32 Å². The van der Waals surface area contributed by atoms with Crippen molar-refractivity contribution in [1.29, 1.82) is 0 Å². The smallest absolute Gasteiger partial charge is 0.170 e. The van der Waals surface area contributed by atoms with Crippen LogP contribution in [0.1, 0.15) is 13.8 Å². The number of nitrogens with one attached hydrogen (secondary N) is 1. The molecule has 0 radical (unpaired) electrons. The molecule has 4 heteroatoms. The lowest BCUT2D eigenvalue weighted by Gasteiger charge is -2.01. The topological polar surface area (TPSA) is 46.2 Å². The molecular weight excluding hydrogens is 150 g/mol. The van der Waals surface area contributed by atoms with Crippen LogP contribution in [-0.4, -0.2) is 20.7 Å². The lowest BCUT2D eigenvalue weighted by Crippen LogP contribution is -2.15. The van der Waals surface area contributed by atoms with E-state index in [-0.39, 0.29) is 6.04 Å². The molecule has 0 spiro atoms. The first kappa shape index (κ1) is 9.49. The van der Waals surface area contributed by atoms with E-state index in [1.807, 2.05) is 13.8 Å². The second-order valence-corrected chi connectivity index (χ2v) is 4.38. The van der Waals surface area contributed by atoms with Crippen molar-refractivity contribution in [2.75, 3.05) is 6.26 Å². The maximum atomic E-state index is 10.5. The van der Waals surface area contributed by atoms with E-state index in [4.69, 9.17) is 0 Å². The highest BCUT2D eigenvalue weighted by Crippen LogP contribution is 1.83. The number of sulfone groups is 1. The minimum Gasteiger partial charge on any atom is -0.388 e. The molecule has 0 aliphatic heterocycles. The van der Waals surface area contributed by atoms with Gasteiger partial charge in [0.25, 0.3) is 0 Å². The van der Waals surface area contributed by atoms with E-state index in [2.05, 4.69) is 5.32 Å². The fourth-order valence-corrected chi connectivity index (χ4v) is 0.681. The Labute approximate surface area is 62.0 Å². The van der Waals surface area contributed by atoms with Crippen molar-refractivity contribution in [2.45, 2.75) is 19.9 Å². The largest absolute Gasteiger partial charge is 0.388 e. The van der Waals surface area contributed by atoms with Crippen LogP contribution in [0.15, 0.2) is 11.6 Å². The van der Waals surface area contributed by atoms with Gasteiger partial charge in [-0.2, -0.15) is 0 Å². The lowest BCUT2D eigenvalue weighted by atomic mass is 10.4. The van der Waals surface area contributed by atoms with Crippen molar-refractivity contribution in [3.05, 3.63) is 11.6 Å². The van der Waals surface area contributed by atoms with Crippen molar-refractivity contribution >= 4 is 9.84 Å². The van der Waals surface area contributed by atoms with Gasteiger partial charge in [-0.05, 0) is 13.8 Å². The Morgan fingerprint density at radius 1 is 1.40 bits per heavy atom. The van der Waals surface area contributed by atoms with Crippen LogP contribution in [0, 0.1) is 0 Å². The number of hydrogen-bond acceptors (Lipinski definition) is 3. The van der Waals surface area contributed by atoms with Crippen molar-refractivity contribution < 1.29 is 8.42 Å². The van der Waals surface area contributed by atoms with Gasteiger partial charge in [-0.15, -0.1) is 0 Å². The Kier molecular flexibility index (Phi) is 3.42. The summed E-state index contributed by atoms with van der Waals surface area (Å²) < 4.78 is 21.0. The molecule has 0 atom stereocenters. The molecule has 0 aliphatic rings. The van der Waals surface area contributed by atoms with Crippen molar-refractivity contribution in [1.82, 2.24) is 5.32 Å². The highest BCUT2D eigenvalue weighted by molar-refractivity contribution is 7.93. The van der Waals surface area contributed by atoms with E-state index in [9.17, 15) is 8.42 Å². The van der Waals surface area contributed by atoms with E-state index in [1.165, 1.54) is 6.20 Å². The molecule has 0 aromatic carbocycles. The fraction of sp³-hybridized carbons (Fsp3) is 0.667. The normalized spacial score (nSPS) is 12.8. The van der Waals surface area contributed by atoms with Gasteiger partial charge in [0.2, 0.25) is 0 Å². The van der Waals surface area contributed by atoms with Gasteiger partial charge in [-0.1, -0.05) is 0 Å². The maximum Gasteiger partial charge on any atom is 0.170 e. The first-order chi connectivity index (χ1) is 4.42. The van der Waals surface area contributed by atoms with Gasteiger partial charge in [0.05, 0.1) is 0 Å². The summed E-state index contributed by atoms with van der Waals surface area (Å²) in [7, 11) is -2.96. The zero-order valence-corrected chi connectivity index (χ0v) is 7.27. The summed E-state index contributed by atoms with van der Waals surface area (Å²) in [5, 5.41) is 3.99. The highest BCUT2D eigenvalue weighted by atomic mass is 32.2. The molecule has 0 rings (SSSR count). The number of rotatable bonds is 3. The summed E-state index contributed by atoms with van der Waals surface area (Å²) in [6, 6.07) is 0.276. The second-order valence-electron chi connectivity index (χ2n) is 2.45. The Morgan fingerprint density at radius 3 is 2.20 bits per heavy atom. The van der Waals surface area contributed by atoms with Crippen LogP contribution >= 0.6 is 0 Å². The maximum absolute atomic E-state index is 10.5. The van der Waals surface area contributed by atoms with Crippen LogP contribution < -0.4 is 5.32 Å². The first-order valence-electron chi connectivity index (χ1n) is 3.04. The minimum absolute atomic E-state index is 0.276. The van der Waals surface area contributed by atoms with Crippen molar-refractivity contribution in [2.24, 2.45) is 0 Å². The van der Waals surface area contributed by atoms with Gasteiger partial charge in [-0.3, -0.25) is 0 Å². The van der Waals surface area contributed by atoms with Crippen LogP contribution in [0.3, 0.4) is 0 Å². The van der Waals surface area contributed by atoms with E-state index < -0.39 is 9.84 Å². The summed E-state index contributed by atoms with van der Waals surface area (Å²) in [5.41, 5.74) is 0. The van der Waals surface area contributed by atoms with Crippen molar-refractivity contribution in [3.63, 3.8) is 0 Å². The van der Waals surface area contributed by atoms with Gasteiger partial charge >= 0.3 is 0 Å². The molecule has 0 saturated heterocycles. The SMILES string of the molecule is CC(C)N/C=C/S(C)(=O)=O. The van der Waals surface area contributed by atoms with Crippen LogP contribution in [-0.2, 0) is 9.84 Å². The predicted octanol–water partition coefficient (Wildman–Crippen LogP) is 0.500. The van der Waals surface area contributed by atoms with Crippen LogP contribution in [0.2, 0.25) is 0 Å². The first-order valence-corrected chi connectivity index (χ1v) is 5.00. The van der Waals surface area contributed by atoms with E-state index >= 15 is 0 Å². The van der Waals surface area contributed by atoms with Gasteiger partial charge in [0.1, 0.15) is 0 Å². The summed E-state index contributed by atoms with van der Waals surface area (Å²) in [5.74, 6) is 0. The Hall–Kier alpha value is -0.510. The molecule has 0 aromatic heterocycles. The summed E-state index contributed by atoms with van der Waals surface area (Å²) in [4.78, 5) is 0. The molecule has 0 unspecified atom stereocenters. The van der Waals surface area contributed by atoms with Gasteiger partial charge in [0, 0.05) is 23.9 Å². The summed E-state index contributed by atoms with van der Waals surface area (Å²) in [6.45, 7) is 3.87. The fourth-order valence-electron chi connectivity index (χ4n) is 0.355. The lowest BCUT2D eigenvalue weighted by molar-refractivity contribution is 0.609. The molecule has 0 aliphatic carbocycles. The average Bonchev–Trinajstić information content (AvgIpc) is 1.59. The van der Waals surface area contributed by atoms with E-state index in [0.29, 0.717) is 0 Å². The van der Waals surface area contributed by atoms with E-state index in [0.717, 1.165) is 11.7 Å². The Balaban J connectivity index is 3.80. The molecule has 10 heavy (non-hydrogen) atoms. The van der Waals surface area contributed by atoms with Crippen LogP contribution in [0.4, 0.5) is 0 Å². The van der Waals surface area contributed by atoms with Crippen LogP contribution in [0.5, 0.6) is 0 Å². The molecule has 0 heterocycles. The predicted molar refractivity (Wildman–Crippen MR) is 42.3 cm³/mol. The zero-order chi connectivity index (χ0) is 8.20. The minimum atomic E-state index is -2.96. The van der Waals surface area contributed by atoms with E-state index in [1.54, 1.807) is 0 Å². The Morgan fingerprint density at radius 2 is 1.90 bits per heavy atom. The molecule has 1 N–H and O–H groups in total. The average molecular weight is 163 g/mol. The summed E-state index contributed by atoms with van der Waals surface area (Å²) >= 11 is 0. The third-order valence-electron chi connectivity index (χ3n) is 0.745. The molecular formula is C6H13NO2S. The zero-order valence-electron chi connectivity index (χ0n) is 6.46. The standard InChI is InChI=1S/C6H13NO2S/c1-6(2)7-4-5-10(3,8)9/h4-7H,1-3H3/b5-4+. The molecule has 0 fully saturated rings. The molecule has 0 aromatic rings. The number of hydrogen-bond donors (Lipinski definition) is 1. The molecule has 0 amide bonds. The quantitative estimate of drug-likeness (QED) is 0.659. The molecule has 60 valence electrons. The third kappa shape index (κ3) is 7.49. The molecule has 0 saturated carbocycles. The van der Waals surface area contributed by atoms with Crippen molar-refractivity contribution in [3.8, 4) is 0 Å². The molecule has 3 nitrogen and oxygen atoms in total. The third-order valence-corrected chi connectivity index (χ3v) is 1.38. The summed E-state index contributed by atoms with van der Waals surface area (Å²) in [6.07, 6.45) is 2.60. The van der Waals surface area contributed by atoms with Gasteiger partial charge in [0.15, 0.2) is 9.84 Å². The molecule has 0 bridgehead atoms. The van der Waals surface area contributed by atoms with Gasteiger partial charge in [-0.25, -0.2) is 8.42 Å².